The van der Waals surface area contributed by atoms with Crippen LogP contribution in [0.15, 0.2) is 166 Å². The first-order chi connectivity index (χ1) is 30.9. The van der Waals surface area contributed by atoms with Gasteiger partial charge in [0.05, 0.1) is 38.0 Å². The molecule has 2 N–H and O–H groups in total. The van der Waals surface area contributed by atoms with Crippen molar-refractivity contribution in [1.29, 1.82) is 0 Å². The molecule has 0 unspecified atom stereocenters. The zero-order chi connectivity index (χ0) is 46.5. The normalized spacial score (nSPS) is 11.8. The number of hydrogen-bond acceptors (Lipinski definition) is 9. The lowest BCUT2D eigenvalue weighted by atomic mass is 10.2. The summed E-state index contributed by atoms with van der Waals surface area (Å²) in [6, 6.07) is 24.0. The number of nitrogens with zero attached hydrogens (tertiary/aromatic N) is 4. The van der Waals surface area contributed by atoms with Gasteiger partial charge < -0.3 is 24.2 Å². The van der Waals surface area contributed by atoms with Crippen LogP contribution in [0, 0.1) is 5.82 Å². The van der Waals surface area contributed by atoms with Crippen LogP contribution in [0.5, 0.6) is 5.75 Å². The molecule has 13 nitrogen and oxygen atoms in total. The standard InChI is InChI=1S/C23H20FN3O4S.C22H15ClF3N3O3S/c1-2-31-20-13-18(24)6-9-21(20)32(29,30)19-7-3-16(4-8-19)14-26-23(28)17-5-10-22-25-11-12-27(22)15-17;23-16-4-7-19(18(11-16)22(24,25)26)33(31,32)17-5-1-14(2-6-17)12-28-21(30)15-3-8-20-27-9-10-29(20)13-15/h3-13,15H,2,14H2,1H3,(H,26,28);1-11,13H,12H2,(H,28,30). The van der Waals surface area contributed by atoms with Crippen molar-refractivity contribution in [3.8, 4) is 5.75 Å². The van der Waals surface area contributed by atoms with E-state index in [1.54, 1.807) is 89.3 Å². The molecule has 65 heavy (non-hydrogen) atoms. The van der Waals surface area contributed by atoms with Gasteiger partial charge in [0.2, 0.25) is 19.7 Å². The van der Waals surface area contributed by atoms with Crippen LogP contribution in [0.2, 0.25) is 5.02 Å². The van der Waals surface area contributed by atoms with Crippen molar-refractivity contribution in [1.82, 2.24) is 29.4 Å². The van der Waals surface area contributed by atoms with Crippen molar-refractivity contribution in [3.05, 3.63) is 185 Å². The summed E-state index contributed by atoms with van der Waals surface area (Å²) in [5, 5.41) is 5.30. The minimum absolute atomic E-state index is 0.0290. The van der Waals surface area contributed by atoms with E-state index in [4.69, 9.17) is 16.3 Å². The maximum atomic E-state index is 13.5. The Morgan fingerprint density at radius 3 is 1.62 bits per heavy atom. The highest BCUT2D eigenvalue weighted by Crippen LogP contribution is 2.38. The molecule has 4 aromatic carbocycles. The van der Waals surface area contributed by atoms with Crippen LogP contribution in [0.25, 0.3) is 11.3 Å². The number of amides is 2. The van der Waals surface area contributed by atoms with E-state index in [9.17, 15) is 44.0 Å². The number of ether oxygens (including phenoxy) is 1. The molecule has 8 aromatic rings. The maximum Gasteiger partial charge on any atom is 0.417 e. The van der Waals surface area contributed by atoms with Gasteiger partial charge in [-0.05, 0) is 96.9 Å². The monoisotopic (exact) mass is 946 g/mol. The first kappa shape index (κ1) is 45.9. The second-order valence-corrected chi connectivity index (χ2v) is 18.3. The highest BCUT2D eigenvalue weighted by Gasteiger charge is 2.38. The molecule has 2 amide bonds. The average molecular weight is 947 g/mol. The number of nitrogens with one attached hydrogen (secondary N) is 2. The minimum atomic E-state index is -4.89. The highest BCUT2D eigenvalue weighted by molar-refractivity contribution is 7.92. The molecule has 0 aliphatic heterocycles. The van der Waals surface area contributed by atoms with Gasteiger partial charge in [0.15, 0.2) is 0 Å². The number of carbonyl (C=O) groups is 2. The van der Waals surface area contributed by atoms with E-state index >= 15 is 0 Å². The Balaban J connectivity index is 0.000000194. The fourth-order valence-electron chi connectivity index (χ4n) is 6.43. The molecule has 0 radical (unpaired) electrons. The number of hydrogen-bond donors (Lipinski definition) is 2. The molecule has 0 spiro atoms. The lowest BCUT2D eigenvalue weighted by molar-refractivity contribution is -0.139. The zero-order valence-electron chi connectivity index (χ0n) is 33.8. The Bertz CT molecular complexity index is 3270. The number of imidazole rings is 2. The molecule has 0 atom stereocenters. The number of fused-ring (bicyclic) bond motifs is 2. The smallest absolute Gasteiger partial charge is 0.417 e. The van der Waals surface area contributed by atoms with Crippen LogP contribution in [0.4, 0.5) is 17.6 Å². The number of halogens is 5. The van der Waals surface area contributed by atoms with Crippen molar-refractivity contribution in [3.63, 3.8) is 0 Å². The lowest BCUT2D eigenvalue weighted by Crippen LogP contribution is -2.23. The van der Waals surface area contributed by atoms with E-state index in [0.29, 0.717) is 28.4 Å². The van der Waals surface area contributed by atoms with Crippen LogP contribution < -0.4 is 15.4 Å². The Morgan fingerprint density at radius 2 is 1.14 bits per heavy atom. The topological polar surface area (TPSA) is 170 Å². The van der Waals surface area contributed by atoms with E-state index in [2.05, 4.69) is 20.6 Å². The lowest BCUT2D eigenvalue weighted by Gasteiger charge is -2.14. The van der Waals surface area contributed by atoms with Gasteiger partial charge in [-0.2, -0.15) is 13.2 Å². The summed E-state index contributed by atoms with van der Waals surface area (Å²) in [7, 11) is -8.35. The number of alkyl halides is 3. The largest absolute Gasteiger partial charge is 0.492 e. The molecule has 0 fully saturated rings. The van der Waals surface area contributed by atoms with Gasteiger partial charge in [0.25, 0.3) is 11.8 Å². The zero-order valence-corrected chi connectivity index (χ0v) is 36.2. The number of sulfone groups is 2. The van der Waals surface area contributed by atoms with Crippen molar-refractivity contribution in [2.45, 2.75) is 45.8 Å². The van der Waals surface area contributed by atoms with Crippen molar-refractivity contribution in [2.75, 3.05) is 6.61 Å². The van der Waals surface area contributed by atoms with Crippen LogP contribution in [0.1, 0.15) is 44.3 Å². The number of aromatic nitrogens is 4. The average Bonchev–Trinajstić information content (AvgIpc) is 3.97. The summed E-state index contributed by atoms with van der Waals surface area (Å²) < 4.78 is 114. The molecular formula is C45H35ClF4N6O7S2. The van der Waals surface area contributed by atoms with Gasteiger partial charge in [-0.25, -0.2) is 31.2 Å². The van der Waals surface area contributed by atoms with E-state index < -0.39 is 42.1 Å². The van der Waals surface area contributed by atoms with Crippen LogP contribution in [-0.2, 0) is 38.9 Å². The molecule has 0 aliphatic rings. The first-order valence-corrected chi connectivity index (χ1v) is 22.7. The Labute approximate surface area is 374 Å². The third-order valence-corrected chi connectivity index (χ3v) is 13.6. The molecular weight excluding hydrogens is 912 g/mol. The summed E-state index contributed by atoms with van der Waals surface area (Å²) in [5.74, 6) is -1.22. The molecule has 0 saturated heterocycles. The molecule has 20 heteroatoms. The summed E-state index contributed by atoms with van der Waals surface area (Å²) in [5.41, 5.74) is 2.28. The summed E-state index contributed by atoms with van der Waals surface area (Å²) in [6.07, 6.45) is 5.13. The molecule has 8 rings (SSSR count). The number of benzene rings is 4. The van der Waals surface area contributed by atoms with Crippen molar-refractivity contribution >= 4 is 54.4 Å². The fourth-order valence-corrected chi connectivity index (χ4v) is 9.44. The summed E-state index contributed by atoms with van der Waals surface area (Å²) >= 11 is 5.63. The number of rotatable bonds is 12. The molecule has 0 aliphatic carbocycles. The Kier molecular flexibility index (Phi) is 13.4. The third kappa shape index (κ3) is 10.5. The predicted octanol–water partition coefficient (Wildman–Crippen LogP) is 8.40. The van der Waals surface area contributed by atoms with Gasteiger partial charge >= 0.3 is 6.18 Å². The third-order valence-electron chi connectivity index (χ3n) is 9.71. The highest BCUT2D eigenvalue weighted by atomic mass is 35.5. The SMILES string of the molecule is CCOc1cc(F)ccc1S(=O)(=O)c1ccc(CNC(=O)c2ccc3nccn3c2)cc1.O=C(NCc1ccc(S(=O)(=O)c2ccc(Cl)cc2C(F)(F)F)cc1)c1ccc2nccn2c1. The van der Waals surface area contributed by atoms with Gasteiger partial charge in [0.1, 0.15) is 27.8 Å². The van der Waals surface area contributed by atoms with E-state index in [-0.39, 0.29) is 57.0 Å². The quantitative estimate of drug-likeness (QED) is 0.0902. The summed E-state index contributed by atoms with van der Waals surface area (Å²) in [6.45, 7) is 2.22. The van der Waals surface area contributed by atoms with Crippen LogP contribution in [0.3, 0.4) is 0 Å². The van der Waals surface area contributed by atoms with Crippen LogP contribution in [-0.4, -0.2) is 54.0 Å². The molecule has 4 heterocycles. The van der Waals surface area contributed by atoms with Gasteiger partial charge in [-0.3, -0.25) is 9.59 Å². The Morgan fingerprint density at radius 1 is 0.662 bits per heavy atom. The van der Waals surface area contributed by atoms with E-state index in [1.165, 1.54) is 42.5 Å². The second-order valence-electron chi connectivity index (χ2n) is 14.0. The number of carbonyl (C=O) groups excluding carboxylic acids is 2. The fraction of sp³-hybridized carbons (Fsp3) is 0.111. The van der Waals surface area contributed by atoms with Gasteiger partial charge in [-0.1, -0.05) is 35.9 Å². The number of pyridine rings is 2. The first-order valence-electron chi connectivity index (χ1n) is 19.3. The Hall–Kier alpha value is -7.09. The van der Waals surface area contributed by atoms with E-state index in [1.807, 2.05) is 0 Å². The molecule has 0 bridgehead atoms. The molecule has 0 saturated carbocycles. The van der Waals surface area contributed by atoms with Gasteiger partial charge in [0, 0.05) is 61.4 Å². The van der Waals surface area contributed by atoms with Crippen LogP contribution >= 0.6 is 11.6 Å². The predicted molar refractivity (Wildman–Crippen MR) is 231 cm³/mol. The van der Waals surface area contributed by atoms with Gasteiger partial charge in [-0.15, -0.1) is 0 Å². The van der Waals surface area contributed by atoms with E-state index in [0.717, 1.165) is 35.5 Å². The molecule has 4 aromatic heterocycles. The second kappa shape index (κ2) is 18.9. The summed E-state index contributed by atoms with van der Waals surface area (Å²) in [4.78, 5) is 31.8. The minimum Gasteiger partial charge on any atom is -0.492 e. The molecule has 334 valence electrons. The van der Waals surface area contributed by atoms with Crippen molar-refractivity contribution in [2.24, 2.45) is 0 Å². The maximum absolute atomic E-state index is 13.5. The van der Waals surface area contributed by atoms with Crippen molar-refractivity contribution < 1.29 is 48.7 Å².